The van der Waals surface area contributed by atoms with E-state index >= 15 is 0 Å². The van der Waals surface area contributed by atoms with Crippen molar-refractivity contribution in [3.63, 3.8) is 0 Å². The monoisotopic (exact) mass is 495 g/mol. The van der Waals surface area contributed by atoms with E-state index in [4.69, 9.17) is 16.3 Å². The zero-order valence-electron chi connectivity index (χ0n) is 17.3. The zero-order valence-corrected chi connectivity index (χ0v) is 19.6. The summed E-state index contributed by atoms with van der Waals surface area (Å²) in [6.45, 7) is 3.28. The minimum atomic E-state index is -0.989. The zero-order chi connectivity index (χ0) is 21.6. The van der Waals surface area contributed by atoms with Gasteiger partial charge in [0.05, 0.1) is 6.61 Å². The summed E-state index contributed by atoms with van der Waals surface area (Å²) in [5.74, 6) is -0.0191. The van der Waals surface area contributed by atoms with Crippen LogP contribution in [0.5, 0.6) is 0 Å². The summed E-state index contributed by atoms with van der Waals surface area (Å²) < 4.78 is 7.81. The Bertz CT molecular complexity index is 1120. The summed E-state index contributed by atoms with van der Waals surface area (Å²) in [7, 11) is 0. The Hall–Kier alpha value is -2.14. The van der Waals surface area contributed by atoms with Crippen LogP contribution in [0.3, 0.4) is 0 Å². The molecule has 1 atom stereocenters. The Morgan fingerprint density at radius 2 is 1.68 bits per heavy atom. The second-order valence-electron chi connectivity index (χ2n) is 8.81. The molecule has 0 aromatic heterocycles. The van der Waals surface area contributed by atoms with Crippen LogP contribution in [0.4, 0.5) is 0 Å². The van der Waals surface area contributed by atoms with Crippen LogP contribution >= 0.6 is 27.5 Å². The van der Waals surface area contributed by atoms with Crippen LogP contribution in [0.1, 0.15) is 46.8 Å². The largest absolute Gasteiger partial charge is 0.346 e. The van der Waals surface area contributed by atoms with E-state index in [0.717, 1.165) is 34.0 Å². The number of nitrogens with zero attached hydrogens (tertiary/aromatic N) is 1. The molecule has 3 aromatic carbocycles. The summed E-state index contributed by atoms with van der Waals surface area (Å²) in [5.41, 5.74) is 2.72. The fraction of sp³-hybridized carbons (Fsp3) is 0.269. The summed E-state index contributed by atoms with van der Waals surface area (Å²) in [6.07, 6.45) is 2.29. The normalized spacial score (nSPS) is 21.3. The van der Waals surface area contributed by atoms with Gasteiger partial charge in [-0.1, -0.05) is 76.9 Å². The van der Waals surface area contributed by atoms with Crippen LogP contribution in [0.25, 0.3) is 0 Å². The van der Waals surface area contributed by atoms with Crippen molar-refractivity contribution in [2.75, 3.05) is 6.61 Å². The standard InChI is InChI=1S/C26H23BrClNO2/c1-25(14-15-25)17-31-26(19-8-12-21(28)13-9-19)23-5-3-2-4-22(23)24(30)29(26)16-18-6-10-20(27)11-7-18/h2-13H,14-17H2,1H3. The molecule has 1 unspecified atom stereocenters. The quantitative estimate of drug-likeness (QED) is 0.376. The molecule has 1 fully saturated rings. The number of hydrogen-bond donors (Lipinski definition) is 0. The molecule has 0 radical (unpaired) electrons. The molecule has 0 saturated heterocycles. The predicted octanol–water partition coefficient (Wildman–Crippen LogP) is 6.78. The fourth-order valence-corrected chi connectivity index (χ4v) is 4.61. The SMILES string of the molecule is CC1(COC2(c3ccc(Cl)cc3)c3ccccc3C(=O)N2Cc2ccc(Br)cc2)CC1. The van der Waals surface area contributed by atoms with Crippen molar-refractivity contribution in [3.8, 4) is 0 Å². The summed E-state index contributed by atoms with van der Waals surface area (Å²) in [5, 5.41) is 0.658. The number of benzene rings is 3. The number of hydrogen-bond acceptors (Lipinski definition) is 2. The third-order valence-electron chi connectivity index (χ3n) is 6.37. The van der Waals surface area contributed by atoms with Gasteiger partial charge in [-0.25, -0.2) is 0 Å². The van der Waals surface area contributed by atoms with Crippen molar-refractivity contribution in [1.29, 1.82) is 0 Å². The smallest absolute Gasteiger partial charge is 0.257 e. The molecule has 0 spiro atoms. The second kappa shape index (κ2) is 7.77. The summed E-state index contributed by atoms with van der Waals surface area (Å²) >= 11 is 9.70. The highest BCUT2D eigenvalue weighted by Gasteiger charge is 2.53. The van der Waals surface area contributed by atoms with Gasteiger partial charge in [0, 0.05) is 32.7 Å². The number of ether oxygens (including phenoxy) is 1. The van der Waals surface area contributed by atoms with E-state index in [1.54, 1.807) is 0 Å². The highest BCUT2D eigenvalue weighted by atomic mass is 79.9. The average Bonchev–Trinajstić information content (AvgIpc) is 3.47. The summed E-state index contributed by atoms with van der Waals surface area (Å²) in [4.78, 5) is 15.5. The lowest BCUT2D eigenvalue weighted by Crippen LogP contribution is -2.47. The maximum atomic E-state index is 13.7. The number of halogens is 2. The Labute approximate surface area is 196 Å². The fourth-order valence-electron chi connectivity index (χ4n) is 4.22. The molecule has 5 heteroatoms. The average molecular weight is 497 g/mol. The van der Waals surface area contributed by atoms with Crippen molar-refractivity contribution in [1.82, 2.24) is 4.90 Å². The molecule has 158 valence electrons. The van der Waals surface area contributed by atoms with E-state index in [1.165, 1.54) is 0 Å². The van der Waals surface area contributed by atoms with Crippen LogP contribution in [-0.2, 0) is 17.0 Å². The Balaban J connectivity index is 1.66. The number of rotatable bonds is 6. The van der Waals surface area contributed by atoms with Crippen molar-refractivity contribution >= 4 is 33.4 Å². The lowest BCUT2D eigenvalue weighted by atomic mass is 9.93. The van der Waals surface area contributed by atoms with Crippen molar-refractivity contribution < 1.29 is 9.53 Å². The highest BCUT2D eigenvalue weighted by Crippen LogP contribution is 2.51. The van der Waals surface area contributed by atoms with Gasteiger partial charge in [0.1, 0.15) is 0 Å². The molecule has 3 aromatic rings. The molecule has 0 bridgehead atoms. The number of carbonyl (C=O) groups excluding carboxylic acids is 1. The van der Waals surface area contributed by atoms with Gasteiger partial charge in [-0.2, -0.15) is 0 Å². The third-order valence-corrected chi connectivity index (χ3v) is 7.15. The minimum Gasteiger partial charge on any atom is -0.346 e. The molecule has 1 amide bonds. The molecule has 1 saturated carbocycles. The second-order valence-corrected chi connectivity index (χ2v) is 10.2. The van der Waals surface area contributed by atoms with Gasteiger partial charge in [0.15, 0.2) is 5.72 Å². The first-order valence-corrected chi connectivity index (χ1v) is 11.6. The molecule has 1 aliphatic carbocycles. The van der Waals surface area contributed by atoms with Gasteiger partial charge >= 0.3 is 0 Å². The van der Waals surface area contributed by atoms with E-state index in [1.807, 2.05) is 77.7 Å². The van der Waals surface area contributed by atoms with Crippen LogP contribution in [0.2, 0.25) is 5.02 Å². The molecule has 5 rings (SSSR count). The van der Waals surface area contributed by atoms with Crippen molar-refractivity contribution in [2.45, 2.75) is 32.0 Å². The Kier molecular flexibility index (Phi) is 5.20. The molecule has 1 heterocycles. The molecule has 31 heavy (non-hydrogen) atoms. The third kappa shape index (κ3) is 3.71. The van der Waals surface area contributed by atoms with E-state index in [2.05, 4.69) is 22.9 Å². The molecule has 2 aliphatic rings. The number of carbonyl (C=O) groups is 1. The van der Waals surface area contributed by atoms with Gasteiger partial charge in [0.25, 0.3) is 5.91 Å². The van der Waals surface area contributed by atoms with Crippen LogP contribution in [0.15, 0.2) is 77.3 Å². The van der Waals surface area contributed by atoms with Crippen molar-refractivity contribution in [3.05, 3.63) is 105 Å². The van der Waals surface area contributed by atoms with E-state index in [-0.39, 0.29) is 11.3 Å². The first-order valence-electron chi connectivity index (χ1n) is 10.5. The minimum absolute atomic E-state index is 0.0191. The Morgan fingerprint density at radius 1 is 1.00 bits per heavy atom. The first-order chi connectivity index (χ1) is 14.9. The molecular formula is C26H23BrClNO2. The van der Waals surface area contributed by atoms with E-state index in [0.29, 0.717) is 23.7 Å². The van der Waals surface area contributed by atoms with Crippen LogP contribution in [0, 0.1) is 5.41 Å². The topological polar surface area (TPSA) is 29.5 Å². The first kappa shape index (κ1) is 20.7. The molecule has 1 aliphatic heterocycles. The number of amides is 1. The molecule has 0 N–H and O–H groups in total. The van der Waals surface area contributed by atoms with Gasteiger partial charge in [0.2, 0.25) is 0 Å². The highest BCUT2D eigenvalue weighted by molar-refractivity contribution is 9.10. The van der Waals surface area contributed by atoms with Gasteiger partial charge in [-0.05, 0) is 54.2 Å². The lowest BCUT2D eigenvalue weighted by molar-refractivity contribution is -0.123. The van der Waals surface area contributed by atoms with E-state index in [9.17, 15) is 4.79 Å². The molecule has 3 nitrogen and oxygen atoms in total. The van der Waals surface area contributed by atoms with Crippen LogP contribution < -0.4 is 0 Å². The molecular weight excluding hydrogens is 474 g/mol. The number of fused-ring (bicyclic) bond motifs is 1. The van der Waals surface area contributed by atoms with Gasteiger partial charge in [-0.15, -0.1) is 0 Å². The van der Waals surface area contributed by atoms with E-state index < -0.39 is 5.72 Å². The maximum Gasteiger partial charge on any atom is 0.257 e. The van der Waals surface area contributed by atoms with Crippen molar-refractivity contribution in [2.24, 2.45) is 5.41 Å². The summed E-state index contributed by atoms with van der Waals surface area (Å²) in [6, 6.07) is 23.5. The van der Waals surface area contributed by atoms with Gasteiger partial charge < -0.3 is 4.74 Å². The Morgan fingerprint density at radius 3 is 2.35 bits per heavy atom. The lowest BCUT2D eigenvalue weighted by Gasteiger charge is -2.40. The predicted molar refractivity (Wildman–Crippen MR) is 126 cm³/mol. The van der Waals surface area contributed by atoms with Gasteiger partial charge in [-0.3, -0.25) is 9.69 Å². The van der Waals surface area contributed by atoms with Crippen LogP contribution in [-0.4, -0.2) is 17.4 Å². The maximum absolute atomic E-state index is 13.7.